The predicted octanol–water partition coefficient (Wildman–Crippen LogP) is 2.22. The van der Waals surface area contributed by atoms with Gasteiger partial charge in [0.2, 0.25) is 0 Å². The lowest BCUT2D eigenvalue weighted by atomic mass is 10.2. The first-order chi connectivity index (χ1) is 5.34. The van der Waals surface area contributed by atoms with Crippen molar-refractivity contribution >= 4 is 19.2 Å². The monoisotopic (exact) mass is 188 g/mol. The van der Waals surface area contributed by atoms with Gasteiger partial charge in [-0.3, -0.25) is 5.10 Å². The second-order valence-electron chi connectivity index (χ2n) is 2.33. The van der Waals surface area contributed by atoms with Crippen molar-refractivity contribution < 1.29 is 0 Å². The molecule has 2 nitrogen and oxygen atoms in total. The van der Waals surface area contributed by atoms with Gasteiger partial charge in [0.25, 0.3) is 0 Å². The molecule has 1 atom stereocenters. The van der Waals surface area contributed by atoms with Crippen molar-refractivity contribution in [1.29, 1.82) is 0 Å². The SMILES string of the molecule is CPSCCc1[nH]ncc1C. The van der Waals surface area contributed by atoms with Crippen LogP contribution in [0.2, 0.25) is 0 Å². The Morgan fingerprint density at radius 3 is 3.09 bits per heavy atom. The molecule has 11 heavy (non-hydrogen) atoms. The third-order valence-electron chi connectivity index (χ3n) is 1.53. The van der Waals surface area contributed by atoms with Crippen molar-refractivity contribution in [1.82, 2.24) is 10.2 Å². The molecule has 1 heterocycles. The van der Waals surface area contributed by atoms with Gasteiger partial charge < -0.3 is 0 Å². The minimum atomic E-state index is 0.998. The van der Waals surface area contributed by atoms with Gasteiger partial charge in [-0.2, -0.15) is 5.10 Å². The number of rotatable bonds is 4. The lowest BCUT2D eigenvalue weighted by Gasteiger charge is -1.96. The molecular formula is C7H13N2PS. The second kappa shape index (κ2) is 4.78. The molecule has 0 saturated heterocycles. The Morgan fingerprint density at radius 1 is 1.73 bits per heavy atom. The fraction of sp³-hybridized carbons (Fsp3) is 0.571. The zero-order chi connectivity index (χ0) is 8.10. The topological polar surface area (TPSA) is 28.7 Å². The molecule has 0 fully saturated rings. The third kappa shape index (κ3) is 2.84. The molecule has 1 aromatic rings. The zero-order valence-corrected chi connectivity index (χ0v) is 8.66. The van der Waals surface area contributed by atoms with E-state index in [1.165, 1.54) is 17.0 Å². The lowest BCUT2D eigenvalue weighted by molar-refractivity contribution is 0.977. The minimum Gasteiger partial charge on any atom is -0.282 e. The highest BCUT2D eigenvalue weighted by molar-refractivity contribution is 8.49. The summed E-state index contributed by atoms with van der Waals surface area (Å²) in [5.41, 5.74) is 2.57. The summed E-state index contributed by atoms with van der Waals surface area (Å²) < 4.78 is 0. The van der Waals surface area contributed by atoms with Gasteiger partial charge in [0.15, 0.2) is 0 Å². The van der Waals surface area contributed by atoms with E-state index >= 15 is 0 Å². The largest absolute Gasteiger partial charge is 0.282 e. The fourth-order valence-electron chi connectivity index (χ4n) is 0.881. The predicted molar refractivity (Wildman–Crippen MR) is 53.7 cm³/mol. The van der Waals surface area contributed by atoms with E-state index < -0.39 is 0 Å². The van der Waals surface area contributed by atoms with Crippen LogP contribution < -0.4 is 0 Å². The molecular weight excluding hydrogens is 175 g/mol. The van der Waals surface area contributed by atoms with Crippen LogP contribution in [0.1, 0.15) is 11.3 Å². The molecule has 0 radical (unpaired) electrons. The zero-order valence-electron chi connectivity index (χ0n) is 6.85. The van der Waals surface area contributed by atoms with Crippen molar-refractivity contribution in [2.45, 2.75) is 13.3 Å². The molecule has 0 aliphatic heterocycles. The summed E-state index contributed by atoms with van der Waals surface area (Å²) >= 11 is 2.00. The van der Waals surface area contributed by atoms with Gasteiger partial charge in [-0.1, -0.05) is 7.78 Å². The Kier molecular flexibility index (Phi) is 3.95. The van der Waals surface area contributed by atoms with E-state index in [1.54, 1.807) is 0 Å². The average Bonchev–Trinajstić information content (AvgIpc) is 2.37. The van der Waals surface area contributed by atoms with E-state index in [-0.39, 0.29) is 0 Å². The van der Waals surface area contributed by atoms with Crippen LogP contribution in [0.25, 0.3) is 0 Å². The van der Waals surface area contributed by atoms with Crippen molar-refractivity contribution in [3.63, 3.8) is 0 Å². The summed E-state index contributed by atoms with van der Waals surface area (Å²) in [6, 6.07) is 0. The highest BCUT2D eigenvalue weighted by Gasteiger charge is 1.98. The average molecular weight is 188 g/mol. The Bertz CT molecular complexity index is 212. The van der Waals surface area contributed by atoms with Crippen molar-refractivity contribution in [3.8, 4) is 0 Å². The Labute approximate surface area is 73.1 Å². The van der Waals surface area contributed by atoms with Crippen LogP contribution in [0.5, 0.6) is 0 Å². The van der Waals surface area contributed by atoms with Gasteiger partial charge in [-0.05, 0) is 25.6 Å². The number of nitrogens with one attached hydrogen (secondary N) is 1. The van der Waals surface area contributed by atoms with Crippen LogP contribution in [0.3, 0.4) is 0 Å². The van der Waals surface area contributed by atoms with Gasteiger partial charge in [0.1, 0.15) is 0 Å². The molecule has 62 valence electrons. The van der Waals surface area contributed by atoms with Gasteiger partial charge in [-0.15, -0.1) is 11.4 Å². The molecule has 0 saturated carbocycles. The molecule has 1 N–H and O–H groups in total. The third-order valence-corrected chi connectivity index (χ3v) is 3.71. The Balaban J connectivity index is 2.32. The first-order valence-corrected chi connectivity index (χ1v) is 6.83. The molecule has 0 aromatic carbocycles. The maximum atomic E-state index is 3.97. The maximum Gasteiger partial charge on any atom is 0.0519 e. The van der Waals surface area contributed by atoms with Crippen molar-refractivity contribution in [2.24, 2.45) is 0 Å². The number of hydrogen-bond acceptors (Lipinski definition) is 2. The van der Waals surface area contributed by atoms with E-state index in [9.17, 15) is 0 Å². The first kappa shape index (κ1) is 9.08. The number of nitrogens with zero attached hydrogens (tertiary/aromatic N) is 1. The van der Waals surface area contributed by atoms with Crippen LogP contribution in [-0.4, -0.2) is 22.6 Å². The molecule has 1 unspecified atom stereocenters. The summed E-state index contributed by atoms with van der Waals surface area (Å²) in [7, 11) is 0.998. The van der Waals surface area contributed by atoms with Crippen molar-refractivity contribution in [2.75, 3.05) is 12.4 Å². The Morgan fingerprint density at radius 2 is 2.55 bits per heavy atom. The quantitative estimate of drug-likeness (QED) is 0.579. The molecule has 0 aliphatic rings. The molecule has 0 aliphatic carbocycles. The van der Waals surface area contributed by atoms with Crippen molar-refractivity contribution in [3.05, 3.63) is 17.5 Å². The highest BCUT2D eigenvalue weighted by atomic mass is 32.7. The van der Waals surface area contributed by atoms with E-state index in [4.69, 9.17) is 0 Å². The molecule has 1 rings (SSSR count). The minimum absolute atomic E-state index is 0.998. The second-order valence-corrected chi connectivity index (χ2v) is 5.53. The standard InChI is InChI=1S/C7H13N2PS/c1-6-5-8-9-7(6)3-4-11-10-2/h5,10H,3-4H2,1-2H3,(H,8,9). The van der Waals surface area contributed by atoms with Crippen LogP contribution in [0, 0.1) is 6.92 Å². The number of aromatic nitrogens is 2. The normalized spacial score (nSPS) is 11.5. The molecule has 1 aromatic heterocycles. The Hall–Kier alpha value is -0.0100. The van der Waals surface area contributed by atoms with Crippen LogP contribution in [-0.2, 0) is 6.42 Å². The van der Waals surface area contributed by atoms with Gasteiger partial charge in [0.05, 0.1) is 6.20 Å². The summed E-state index contributed by atoms with van der Waals surface area (Å²) in [4.78, 5) is 0. The lowest BCUT2D eigenvalue weighted by Crippen LogP contribution is -1.89. The van der Waals surface area contributed by atoms with E-state index in [0.29, 0.717) is 0 Å². The molecule has 4 heteroatoms. The van der Waals surface area contributed by atoms with E-state index in [0.717, 1.165) is 14.2 Å². The van der Waals surface area contributed by atoms with Gasteiger partial charge in [-0.25, -0.2) is 0 Å². The van der Waals surface area contributed by atoms with Crippen LogP contribution in [0.15, 0.2) is 6.20 Å². The summed E-state index contributed by atoms with van der Waals surface area (Å²) in [5, 5.41) is 6.97. The number of aryl methyl sites for hydroxylation is 2. The maximum absolute atomic E-state index is 3.97. The summed E-state index contributed by atoms with van der Waals surface area (Å²) in [5.74, 6) is 1.21. The van der Waals surface area contributed by atoms with E-state index in [2.05, 4.69) is 23.8 Å². The first-order valence-electron chi connectivity index (χ1n) is 3.62. The van der Waals surface area contributed by atoms with Gasteiger partial charge in [0, 0.05) is 11.4 Å². The smallest absolute Gasteiger partial charge is 0.0519 e. The molecule has 0 bridgehead atoms. The van der Waals surface area contributed by atoms with Crippen LogP contribution in [0.4, 0.5) is 0 Å². The van der Waals surface area contributed by atoms with Gasteiger partial charge >= 0.3 is 0 Å². The van der Waals surface area contributed by atoms with E-state index in [1.807, 2.05) is 17.6 Å². The number of aromatic amines is 1. The van der Waals surface area contributed by atoms with Crippen LogP contribution >= 0.6 is 19.2 Å². The fourth-order valence-corrected chi connectivity index (χ4v) is 2.31. The highest BCUT2D eigenvalue weighted by Crippen LogP contribution is 2.25. The summed E-state index contributed by atoms with van der Waals surface area (Å²) in [6.45, 7) is 4.31. The number of H-pyrrole nitrogens is 1. The summed E-state index contributed by atoms with van der Waals surface area (Å²) in [6.07, 6.45) is 3.01. The number of hydrogen-bond donors (Lipinski definition) is 1. The molecule has 0 amide bonds. The molecule has 0 spiro atoms.